The Balaban J connectivity index is 2.13. The number of hydrogen-bond donors (Lipinski definition) is 0. The maximum absolute atomic E-state index is 11.6. The molecule has 24 heavy (non-hydrogen) atoms. The van der Waals surface area contributed by atoms with Gasteiger partial charge in [0, 0.05) is 0 Å². The molecule has 0 atom stereocenters. The molecule has 0 radical (unpaired) electrons. The van der Waals surface area contributed by atoms with Gasteiger partial charge in [-0.2, -0.15) is 8.42 Å². The van der Waals surface area contributed by atoms with E-state index in [4.69, 9.17) is 14.2 Å². The van der Waals surface area contributed by atoms with Crippen molar-refractivity contribution in [2.75, 3.05) is 45.9 Å². The molecular weight excluding hydrogens is 336 g/mol. The van der Waals surface area contributed by atoms with Gasteiger partial charge in [0.05, 0.1) is 51.5 Å². The Morgan fingerprint density at radius 3 is 2.38 bits per heavy atom. The average Bonchev–Trinajstić information content (AvgIpc) is 2.53. The first-order chi connectivity index (χ1) is 11.4. The average molecular weight is 360 g/mol. The SMILES string of the molecule is CCOC(=O)c1cccc(CCOCCOCCOS(C)(=O)=O)c1. The maximum atomic E-state index is 11.6. The van der Waals surface area contributed by atoms with Crippen molar-refractivity contribution in [1.82, 2.24) is 0 Å². The molecule has 0 aliphatic rings. The minimum Gasteiger partial charge on any atom is -0.462 e. The van der Waals surface area contributed by atoms with Crippen LogP contribution in [0.15, 0.2) is 24.3 Å². The van der Waals surface area contributed by atoms with Gasteiger partial charge in [-0.15, -0.1) is 0 Å². The normalized spacial score (nSPS) is 11.4. The van der Waals surface area contributed by atoms with Gasteiger partial charge in [-0.25, -0.2) is 4.79 Å². The highest BCUT2D eigenvalue weighted by molar-refractivity contribution is 7.85. The summed E-state index contributed by atoms with van der Waals surface area (Å²) in [6, 6.07) is 7.24. The quantitative estimate of drug-likeness (QED) is 0.316. The van der Waals surface area contributed by atoms with Crippen molar-refractivity contribution in [3.8, 4) is 0 Å². The molecule has 1 aromatic carbocycles. The van der Waals surface area contributed by atoms with Crippen LogP contribution in [0.2, 0.25) is 0 Å². The first-order valence-electron chi connectivity index (χ1n) is 7.68. The van der Waals surface area contributed by atoms with Gasteiger partial charge in [-0.1, -0.05) is 12.1 Å². The van der Waals surface area contributed by atoms with E-state index in [1.807, 2.05) is 12.1 Å². The van der Waals surface area contributed by atoms with Crippen molar-refractivity contribution < 1.29 is 31.6 Å². The number of carbonyl (C=O) groups excluding carboxylic acids is 1. The van der Waals surface area contributed by atoms with Crippen LogP contribution in [0.25, 0.3) is 0 Å². The molecule has 7 nitrogen and oxygen atoms in total. The van der Waals surface area contributed by atoms with Crippen molar-refractivity contribution in [3.63, 3.8) is 0 Å². The summed E-state index contributed by atoms with van der Waals surface area (Å²) in [4.78, 5) is 11.6. The van der Waals surface area contributed by atoms with Crippen LogP contribution >= 0.6 is 0 Å². The van der Waals surface area contributed by atoms with E-state index in [1.54, 1.807) is 19.1 Å². The van der Waals surface area contributed by atoms with Crippen molar-refractivity contribution in [2.24, 2.45) is 0 Å². The van der Waals surface area contributed by atoms with Crippen molar-refractivity contribution in [2.45, 2.75) is 13.3 Å². The molecular formula is C16H24O7S. The zero-order chi connectivity index (χ0) is 17.8. The minimum atomic E-state index is -3.41. The highest BCUT2D eigenvalue weighted by Crippen LogP contribution is 2.08. The standard InChI is InChI=1S/C16H24O7S/c1-3-22-16(17)15-6-4-5-14(13-15)7-8-20-9-10-21-11-12-23-24(2,18)19/h4-6,13H,3,7-12H2,1-2H3. The second-order valence-corrected chi connectivity index (χ2v) is 6.57. The van der Waals surface area contributed by atoms with E-state index in [-0.39, 0.29) is 19.2 Å². The third-order valence-corrected chi connectivity index (χ3v) is 3.47. The van der Waals surface area contributed by atoms with Crippen LogP contribution in [0.1, 0.15) is 22.8 Å². The number of esters is 1. The summed E-state index contributed by atoms with van der Waals surface area (Å²) in [7, 11) is -3.41. The van der Waals surface area contributed by atoms with Crippen LogP contribution in [0.3, 0.4) is 0 Å². The van der Waals surface area contributed by atoms with Crippen LogP contribution in [0.5, 0.6) is 0 Å². The fourth-order valence-electron chi connectivity index (χ4n) is 1.82. The Labute approximate surface area is 143 Å². The second-order valence-electron chi connectivity index (χ2n) is 4.92. The molecule has 0 fully saturated rings. The van der Waals surface area contributed by atoms with Gasteiger partial charge < -0.3 is 14.2 Å². The molecule has 0 heterocycles. The largest absolute Gasteiger partial charge is 0.462 e. The molecule has 0 aromatic heterocycles. The first kappa shape index (κ1) is 20.6. The highest BCUT2D eigenvalue weighted by Gasteiger charge is 2.06. The number of carbonyl (C=O) groups is 1. The number of benzene rings is 1. The zero-order valence-electron chi connectivity index (χ0n) is 14.0. The third-order valence-electron chi connectivity index (χ3n) is 2.87. The maximum Gasteiger partial charge on any atom is 0.338 e. The Kier molecular flexibility index (Phi) is 9.55. The summed E-state index contributed by atoms with van der Waals surface area (Å²) in [6.07, 6.45) is 1.66. The fourth-order valence-corrected chi connectivity index (χ4v) is 2.20. The molecule has 1 rings (SSSR count). The predicted octanol–water partition coefficient (Wildman–Crippen LogP) is 1.42. The fraction of sp³-hybridized carbons (Fsp3) is 0.562. The molecule has 8 heteroatoms. The molecule has 0 N–H and O–H groups in total. The van der Waals surface area contributed by atoms with E-state index in [1.165, 1.54) is 0 Å². The minimum absolute atomic E-state index is 0.000511. The number of hydrogen-bond acceptors (Lipinski definition) is 7. The van der Waals surface area contributed by atoms with Crippen LogP contribution in [0, 0.1) is 0 Å². The van der Waals surface area contributed by atoms with Gasteiger partial charge >= 0.3 is 5.97 Å². The summed E-state index contributed by atoms with van der Waals surface area (Å²) in [5.41, 5.74) is 1.52. The summed E-state index contributed by atoms with van der Waals surface area (Å²) in [5.74, 6) is -0.329. The Morgan fingerprint density at radius 1 is 1.04 bits per heavy atom. The van der Waals surface area contributed by atoms with E-state index >= 15 is 0 Å². The van der Waals surface area contributed by atoms with E-state index < -0.39 is 10.1 Å². The van der Waals surface area contributed by atoms with Crippen LogP contribution in [-0.2, 0) is 34.9 Å². The van der Waals surface area contributed by atoms with E-state index in [0.717, 1.165) is 11.8 Å². The van der Waals surface area contributed by atoms with Crippen molar-refractivity contribution >= 4 is 16.1 Å². The monoisotopic (exact) mass is 360 g/mol. The molecule has 0 aliphatic carbocycles. The van der Waals surface area contributed by atoms with Gasteiger partial charge in [0.1, 0.15) is 0 Å². The highest BCUT2D eigenvalue weighted by atomic mass is 32.2. The van der Waals surface area contributed by atoms with Crippen LogP contribution in [-0.4, -0.2) is 60.3 Å². The summed E-state index contributed by atoms with van der Waals surface area (Å²) in [6.45, 7) is 3.56. The van der Waals surface area contributed by atoms with Gasteiger partial charge in [0.15, 0.2) is 0 Å². The van der Waals surface area contributed by atoms with Crippen molar-refractivity contribution in [1.29, 1.82) is 0 Å². The number of ether oxygens (including phenoxy) is 3. The van der Waals surface area contributed by atoms with E-state index in [2.05, 4.69) is 4.18 Å². The lowest BCUT2D eigenvalue weighted by Gasteiger charge is -2.07. The molecule has 0 bridgehead atoms. The third kappa shape index (κ3) is 9.61. The predicted molar refractivity (Wildman–Crippen MR) is 88.5 cm³/mol. The topological polar surface area (TPSA) is 88.1 Å². The molecule has 1 aromatic rings. The van der Waals surface area contributed by atoms with Gasteiger partial charge in [-0.05, 0) is 31.0 Å². The van der Waals surface area contributed by atoms with Gasteiger partial charge in [-0.3, -0.25) is 4.18 Å². The lowest BCUT2D eigenvalue weighted by Crippen LogP contribution is -2.12. The molecule has 0 spiro atoms. The van der Waals surface area contributed by atoms with Crippen LogP contribution < -0.4 is 0 Å². The summed E-state index contributed by atoms with van der Waals surface area (Å²) in [5, 5.41) is 0. The Morgan fingerprint density at radius 2 is 1.71 bits per heavy atom. The molecule has 0 unspecified atom stereocenters. The van der Waals surface area contributed by atoms with E-state index in [0.29, 0.717) is 38.4 Å². The lowest BCUT2D eigenvalue weighted by molar-refractivity contribution is 0.0381. The smallest absolute Gasteiger partial charge is 0.338 e. The van der Waals surface area contributed by atoms with Gasteiger partial charge in [0.2, 0.25) is 0 Å². The summed E-state index contributed by atoms with van der Waals surface area (Å²) < 4.78 is 41.5. The molecule has 0 amide bonds. The Bertz CT molecular complexity index is 598. The van der Waals surface area contributed by atoms with Gasteiger partial charge in [0.25, 0.3) is 10.1 Å². The Hall–Kier alpha value is -1.48. The molecule has 0 saturated carbocycles. The molecule has 0 saturated heterocycles. The van der Waals surface area contributed by atoms with E-state index in [9.17, 15) is 13.2 Å². The van der Waals surface area contributed by atoms with Crippen molar-refractivity contribution in [3.05, 3.63) is 35.4 Å². The lowest BCUT2D eigenvalue weighted by atomic mass is 10.1. The second kappa shape index (κ2) is 11.1. The molecule has 136 valence electrons. The number of rotatable bonds is 12. The molecule has 0 aliphatic heterocycles. The summed E-state index contributed by atoms with van der Waals surface area (Å²) >= 11 is 0. The van der Waals surface area contributed by atoms with Crippen LogP contribution in [0.4, 0.5) is 0 Å². The zero-order valence-corrected chi connectivity index (χ0v) is 14.8. The first-order valence-corrected chi connectivity index (χ1v) is 9.50.